The zero-order chi connectivity index (χ0) is 11.0. The van der Waals surface area contributed by atoms with Crippen LogP contribution in [-0.4, -0.2) is 0 Å². The van der Waals surface area contributed by atoms with Crippen molar-refractivity contribution in [3.8, 4) is 11.1 Å². The summed E-state index contributed by atoms with van der Waals surface area (Å²) in [5.41, 5.74) is 6.65. The first-order chi connectivity index (χ1) is 7.90. The van der Waals surface area contributed by atoms with Crippen molar-refractivity contribution < 1.29 is 0 Å². The second kappa shape index (κ2) is 3.79. The van der Waals surface area contributed by atoms with E-state index in [9.17, 15) is 0 Å². The molecule has 2 aromatic carbocycles. The van der Waals surface area contributed by atoms with Gasteiger partial charge in [0.1, 0.15) is 0 Å². The van der Waals surface area contributed by atoms with Crippen LogP contribution in [0, 0.1) is 6.42 Å². The molecule has 0 aromatic heterocycles. The molecule has 78 valence electrons. The number of fused-ring (bicyclic) bond motifs is 3. The number of rotatable bonds is 2. The average molecular weight is 206 g/mol. The fourth-order valence-corrected chi connectivity index (χ4v) is 2.41. The number of benzene rings is 2. The number of hydrogen-bond donors (Lipinski definition) is 0. The van der Waals surface area contributed by atoms with Crippen LogP contribution in [-0.2, 0) is 6.42 Å². The normalized spacial score (nSPS) is 12.3. The van der Waals surface area contributed by atoms with Crippen molar-refractivity contribution in [1.82, 2.24) is 0 Å². The third kappa shape index (κ3) is 1.37. The fourth-order valence-electron chi connectivity index (χ4n) is 2.41. The Hall–Kier alpha value is -1.56. The van der Waals surface area contributed by atoms with Crippen LogP contribution in [0.25, 0.3) is 11.1 Å². The van der Waals surface area contributed by atoms with Crippen molar-refractivity contribution in [2.24, 2.45) is 0 Å². The van der Waals surface area contributed by atoms with Crippen molar-refractivity contribution in [2.45, 2.75) is 19.8 Å². The molecule has 0 heteroatoms. The molecular formula is C16H14. The molecule has 0 N–H and O–H groups in total. The zero-order valence-corrected chi connectivity index (χ0v) is 9.46. The topological polar surface area (TPSA) is 0 Å². The van der Waals surface area contributed by atoms with Crippen molar-refractivity contribution >= 4 is 0 Å². The molecule has 0 saturated carbocycles. The van der Waals surface area contributed by atoms with Crippen molar-refractivity contribution in [2.75, 3.05) is 0 Å². The Balaban J connectivity index is 2.16. The van der Waals surface area contributed by atoms with Gasteiger partial charge in [0.2, 0.25) is 0 Å². The summed E-state index contributed by atoms with van der Waals surface area (Å²) < 4.78 is 0. The summed E-state index contributed by atoms with van der Waals surface area (Å²) in [4.78, 5) is 0. The first-order valence-electron chi connectivity index (χ1n) is 5.88. The fraction of sp³-hybridized carbons (Fsp3) is 0.188. The lowest BCUT2D eigenvalue weighted by molar-refractivity contribution is 0.917. The molecule has 0 nitrogen and oxygen atoms in total. The highest BCUT2D eigenvalue weighted by Crippen LogP contribution is 2.39. The van der Waals surface area contributed by atoms with Crippen LogP contribution >= 0.6 is 0 Å². The van der Waals surface area contributed by atoms with Gasteiger partial charge >= 0.3 is 0 Å². The molecule has 2 radical (unpaired) electrons. The van der Waals surface area contributed by atoms with Gasteiger partial charge in [0, 0.05) is 0 Å². The largest absolute Gasteiger partial charge is 0.0651 e. The van der Waals surface area contributed by atoms with Gasteiger partial charge in [-0.1, -0.05) is 55.8 Å². The Bertz CT molecular complexity index is 523. The zero-order valence-electron chi connectivity index (χ0n) is 9.46. The van der Waals surface area contributed by atoms with Gasteiger partial charge in [-0.3, -0.25) is 0 Å². The van der Waals surface area contributed by atoms with Gasteiger partial charge in [0.15, 0.2) is 0 Å². The number of hydrogen-bond acceptors (Lipinski definition) is 0. The third-order valence-corrected chi connectivity index (χ3v) is 3.15. The maximum atomic E-state index is 3.53. The minimum atomic E-state index is 1.14. The van der Waals surface area contributed by atoms with Crippen molar-refractivity contribution in [3.05, 3.63) is 65.6 Å². The van der Waals surface area contributed by atoms with E-state index in [1.807, 2.05) is 0 Å². The summed E-state index contributed by atoms with van der Waals surface area (Å²) in [6, 6.07) is 15.1. The quantitative estimate of drug-likeness (QED) is 0.592. The SMILES string of the molecule is CCCc1cccc2c1[C]c1ccccc1-2. The minimum absolute atomic E-state index is 1.14. The van der Waals surface area contributed by atoms with E-state index in [1.54, 1.807) is 0 Å². The molecular weight excluding hydrogens is 192 g/mol. The van der Waals surface area contributed by atoms with Crippen LogP contribution in [0.2, 0.25) is 0 Å². The predicted octanol–water partition coefficient (Wildman–Crippen LogP) is 4.10. The lowest BCUT2D eigenvalue weighted by Crippen LogP contribution is -1.90. The van der Waals surface area contributed by atoms with Gasteiger partial charge in [-0.25, -0.2) is 0 Å². The molecule has 2 aromatic rings. The van der Waals surface area contributed by atoms with Gasteiger partial charge < -0.3 is 0 Å². The molecule has 0 bridgehead atoms. The average Bonchev–Trinajstić information content (AvgIpc) is 2.69. The standard InChI is InChI=1S/C16H14/c1-2-6-12-8-5-10-15-14-9-4-3-7-13(14)11-16(12)15/h3-5,7-10H,2,6H2,1H3. The summed E-state index contributed by atoms with van der Waals surface area (Å²) >= 11 is 0. The Morgan fingerprint density at radius 2 is 1.75 bits per heavy atom. The van der Waals surface area contributed by atoms with Crippen LogP contribution in [0.5, 0.6) is 0 Å². The molecule has 1 aliphatic rings. The Morgan fingerprint density at radius 3 is 2.62 bits per heavy atom. The molecule has 0 unspecified atom stereocenters. The van der Waals surface area contributed by atoms with Crippen molar-refractivity contribution in [1.29, 1.82) is 0 Å². The lowest BCUT2D eigenvalue weighted by Gasteiger charge is -2.06. The minimum Gasteiger partial charge on any atom is -0.0651 e. The Kier molecular flexibility index (Phi) is 2.28. The van der Waals surface area contributed by atoms with E-state index in [1.165, 1.54) is 34.2 Å². The summed E-state index contributed by atoms with van der Waals surface area (Å²) in [6.07, 6.45) is 5.86. The molecule has 0 aliphatic heterocycles. The van der Waals surface area contributed by atoms with Crippen LogP contribution in [0.3, 0.4) is 0 Å². The molecule has 1 aliphatic carbocycles. The molecule has 0 fully saturated rings. The van der Waals surface area contributed by atoms with Gasteiger partial charge in [-0.05, 0) is 34.2 Å². The van der Waals surface area contributed by atoms with Gasteiger partial charge in [0.25, 0.3) is 0 Å². The van der Waals surface area contributed by atoms with E-state index in [0.29, 0.717) is 0 Å². The first kappa shape index (κ1) is 9.65. The van der Waals surface area contributed by atoms with E-state index >= 15 is 0 Å². The van der Waals surface area contributed by atoms with E-state index < -0.39 is 0 Å². The van der Waals surface area contributed by atoms with Crippen LogP contribution in [0.15, 0.2) is 42.5 Å². The van der Waals surface area contributed by atoms with Crippen molar-refractivity contribution in [3.63, 3.8) is 0 Å². The summed E-state index contributed by atoms with van der Waals surface area (Å²) in [5, 5.41) is 0. The second-order valence-electron chi connectivity index (χ2n) is 4.26. The van der Waals surface area contributed by atoms with Gasteiger partial charge in [0.05, 0.1) is 6.42 Å². The first-order valence-corrected chi connectivity index (χ1v) is 5.88. The maximum absolute atomic E-state index is 3.53. The summed E-state index contributed by atoms with van der Waals surface area (Å²) in [5.74, 6) is 0. The highest BCUT2D eigenvalue weighted by Gasteiger charge is 2.20. The summed E-state index contributed by atoms with van der Waals surface area (Å²) in [6.45, 7) is 2.22. The molecule has 0 atom stereocenters. The lowest BCUT2D eigenvalue weighted by atomic mass is 9.98. The maximum Gasteiger partial charge on any atom is 0.0517 e. The van der Waals surface area contributed by atoms with E-state index in [-0.39, 0.29) is 0 Å². The highest BCUT2D eigenvalue weighted by molar-refractivity contribution is 5.82. The number of aryl methyl sites for hydroxylation is 1. The molecule has 3 rings (SSSR count). The van der Waals surface area contributed by atoms with E-state index in [2.05, 4.69) is 55.8 Å². The van der Waals surface area contributed by atoms with Gasteiger partial charge in [-0.15, -0.1) is 0 Å². The van der Waals surface area contributed by atoms with E-state index in [4.69, 9.17) is 0 Å². The van der Waals surface area contributed by atoms with Crippen LogP contribution < -0.4 is 0 Å². The molecule has 16 heavy (non-hydrogen) atoms. The Labute approximate surface area is 96.9 Å². The highest BCUT2D eigenvalue weighted by atomic mass is 14.2. The van der Waals surface area contributed by atoms with Crippen LogP contribution in [0.4, 0.5) is 0 Å². The summed E-state index contributed by atoms with van der Waals surface area (Å²) in [7, 11) is 0. The molecule has 0 saturated heterocycles. The second-order valence-corrected chi connectivity index (χ2v) is 4.26. The molecule has 0 amide bonds. The third-order valence-electron chi connectivity index (χ3n) is 3.15. The Morgan fingerprint density at radius 1 is 0.938 bits per heavy atom. The molecule has 0 spiro atoms. The monoisotopic (exact) mass is 206 g/mol. The van der Waals surface area contributed by atoms with E-state index in [0.717, 1.165) is 6.42 Å². The predicted molar refractivity (Wildman–Crippen MR) is 67.3 cm³/mol. The molecule has 0 heterocycles. The smallest absolute Gasteiger partial charge is 0.0517 e. The van der Waals surface area contributed by atoms with Crippen LogP contribution in [0.1, 0.15) is 30.0 Å². The van der Waals surface area contributed by atoms with Gasteiger partial charge in [-0.2, -0.15) is 0 Å².